The van der Waals surface area contributed by atoms with E-state index in [1.807, 2.05) is 12.3 Å². The topological polar surface area (TPSA) is 72.2 Å². The van der Waals surface area contributed by atoms with Gasteiger partial charge in [-0.2, -0.15) is 0 Å². The number of nitrogens with zero attached hydrogens (tertiary/aromatic N) is 1. The number of rotatable bonds is 6. The van der Waals surface area contributed by atoms with Gasteiger partial charge in [0.25, 0.3) is 0 Å². The van der Waals surface area contributed by atoms with Gasteiger partial charge in [0.05, 0.1) is 0 Å². The van der Waals surface area contributed by atoms with Gasteiger partial charge in [0.2, 0.25) is 5.91 Å². The molecule has 5 heteroatoms. The van der Waals surface area contributed by atoms with Crippen molar-refractivity contribution in [2.24, 2.45) is 11.8 Å². The average Bonchev–Trinajstić information content (AvgIpc) is 3.40. The first-order valence-corrected chi connectivity index (χ1v) is 10.2. The number of hydrogen-bond donors (Lipinski definition) is 1. The van der Waals surface area contributed by atoms with Gasteiger partial charge in [0.1, 0.15) is 5.69 Å². The van der Waals surface area contributed by atoms with Crippen molar-refractivity contribution < 1.29 is 14.0 Å². The van der Waals surface area contributed by atoms with E-state index >= 15 is 0 Å². The van der Waals surface area contributed by atoms with Crippen molar-refractivity contribution in [1.29, 1.82) is 0 Å². The maximum atomic E-state index is 12.8. The minimum atomic E-state index is -0.282. The standard InChI is InChI=1S/C23H26N2O3/c1-24-23(27)18(15-6-3-2-4-7-15)13-20(26)22-11-10-21(28-22)19-12-16-8-5-9-17(16)14-25-19/h5,9-12,14-15,18H,2-4,6-8,13H2,1H3,(H,24,27)/t18-/m0/s1. The maximum absolute atomic E-state index is 12.8. The number of furan rings is 1. The van der Waals surface area contributed by atoms with E-state index in [4.69, 9.17) is 4.42 Å². The van der Waals surface area contributed by atoms with E-state index in [0.717, 1.165) is 43.4 Å². The highest BCUT2D eigenvalue weighted by atomic mass is 16.3. The van der Waals surface area contributed by atoms with E-state index in [9.17, 15) is 9.59 Å². The minimum absolute atomic E-state index is 0.0418. The Morgan fingerprint density at radius 3 is 2.86 bits per heavy atom. The molecule has 0 radical (unpaired) electrons. The zero-order chi connectivity index (χ0) is 19.5. The van der Waals surface area contributed by atoms with Crippen LogP contribution in [0.2, 0.25) is 0 Å². The van der Waals surface area contributed by atoms with Crippen LogP contribution >= 0.6 is 0 Å². The molecule has 0 aliphatic heterocycles. The number of amides is 1. The second-order valence-corrected chi connectivity index (χ2v) is 7.78. The molecule has 2 aromatic rings. The SMILES string of the molecule is CNC(=O)[C@@H](CC(=O)c1ccc(-c2cc3c(cn2)C=CC3)o1)C1CCCCC1. The van der Waals surface area contributed by atoms with Crippen molar-refractivity contribution >= 4 is 17.8 Å². The largest absolute Gasteiger partial charge is 0.451 e. The molecule has 0 spiro atoms. The van der Waals surface area contributed by atoms with Crippen LogP contribution in [0.25, 0.3) is 17.5 Å². The van der Waals surface area contributed by atoms with Crippen LogP contribution in [0.4, 0.5) is 0 Å². The molecule has 0 saturated heterocycles. The molecule has 146 valence electrons. The van der Waals surface area contributed by atoms with Gasteiger partial charge >= 0.3 is 0 Å². The van der Waals surface area contributed by atoms with E-state index in [-0.39, 0.29) is 29.9 Å². The summed E-state index contributed by atoms with van der Waals surface area (Å²) in [6.45, 7) is 0. The highest BCUT2D eigenvalue weighted by Gasteiger charge is 2.32. The van der Waals surface area contributed by atoms with Gasteiger partial charge in [-0.1, -0.05) is 31.4 Å². The zero-order valence-corrected chi connectivity index (χ0v) is 16.2. The van der Waals surface area contributed by atoms with E-state index < -0.39 is 0 Å². The van der Waals surface area contributed by atoms with Crippen LogP contribution in [-0.4, -0.2) is 23.7 Å². The van der Waals surface area contributed by atoms with Crippen LogP contribution in [0.1, 0.15) is 60.2 Å². The van der Waals surface area contributed by atoms with Gasteiger partial charge in [-0.15, -0.1) is 0 Å². The molecule has 2 heterocycles. The van der Waals surface area contributed by atoms with Crippen molar-refractivity contribution in [2.75, 3.05) is 7.05 Å². The Kier molecular flexibility index (Phi) is 5.42. The van der Waals surface area contributed by atoms with Crippen molar-refractivity contribution in [1.82, 2.24) is 10.3 Å². The molecule has 1 fully saturated rings. The Hall–Kier alpha value is -2.69. The third kappa shape index (κ3) is 3.79. The fourth-order valence-electron chi connectivity index (χ4n) is 4.40. The molecule has 0 bridgehead atoms. The highest BCUT2D eigenvalue weighted by molar-refractivity contribution is 5.97. The number of carbonyl (C=O) groups excluding carboxylic acids is 2. The van der Waals surface area contributed by atoms with Crippen LogP contribution in [0.5, 0.6) is 0 Å². The Labute approximate surface area is 165 Å². The average molecular weight is 378 g/mol. The summed E-state index contributed by atoms with van der Waals surface area (Å²) in [4.78, 5) is 29.7. The fourth-order valence-corrected chi connectivity index (χ4v) is 4.40. The Morgan fingerprint density at radius 1 is 1.25 bits per heavy atom. The van der Waals surface area contributed by atoms with E-state index in [2.05, 4.69) is 22.5 Å². The first kappa shape index (κ1) is 18.7. The predicted octanol–water partition coefficient (Wildman–Crippen LogP) is 4.43. The van der Waals surface area contributed by atoms with E-state index in [1.165, 1.54) is 12.0 Å². The van der Waals surface area contributed by atoms with Gasteiger partial charge in [-0.3, -0.25) is 14.6 Å². The van der Waals surface area contributed by atoms with Gasteiger partial charge in [-0.25, -0.2) is 0 Å². The summed E-state index contributed by atoms with van der Waals surface area (Å²) in [7, 11) is 1.64. The third-order valence-corrected chi connectivity index (χ3v) is 6.00. The normalized spacial score (nSPS) is 17.3. The molecule has 1 atom stereocenters. The quantitative estimate of drug-likeness (QED) is 0.755. The molecule has 0 unspecified atom stereocenters. The Bertz CT molecular complexity index is 906. The van der Waals surface area contributed by atoms with Crippen molar-refractivity contribution in [3.8, 4) is 11.5 Å². The number of carbonyl (C=O) groups is 2. The number of ketones is 1. The first-order chi connectivity index (χ1) is 13.7. The van der Waals surface area contributed by atoms with E-state index in [0.29, 0.717) is 11.5 Å². The summed E-state index contributed by atoms with van der Waals surface area (Å²) < 4.78 is 5.83. The first-order valence-electron chi connectivity index (χ1n) is 10.2. The van der Waals surface area contributed by atoms with Crippen LogP contribution in [0, 0.1) is 11.8 Å². The van der Waals surface area contributed by atoms with Gasteiger partial charge in [0.15, 0.2) is 17.3 Å². The maximum Gasteiger partial charge on any atom is 0.223 e. The second kappa shape index (κ2) is 8.13. The molecule has 0 aromatic carbocycles. The van der Waals surface area contributed by atoms with Crippen LogP contribution in [-0.2, 0) is 11.2 Å². The molecule has 2 aliphatic rings. The fraction of sp³-hybridized carbons (Fsp3) is 0.435. The van der Waals surface area contributed by atoms with Crippen LogP contribution in [0.15, 0.2) is 34.9 Å². The lowest BCUT2D eigenvalue weighted by Gasteiger charge is -2.28. The number of pyridine rings is 1. The molecule has 1 N–H and O–H groups in total. The lowest BCUT2D eigenvalue weighted by atomic mass is 9.77. The number of aromatic nitrogens is 1. The Balaban J connectivity index is 1.49. The summed E-state index contributed by atoms with van der Waals surface area (Å²) in [5, 5.41) is 2.74. The summed E-state index contributed by atoms with van der Waals surface area (Å²) in [5.41, 5.74) is 3.08. The molecule has 5 nitrogen and oxygen atoms in total. The smallest absolute Gasteiger partial charge is 0.223 e. The van der Waals surface area contributed by atoms with Crippen molar-refractivity contribution in [2.45, 2.75) is 44.9 Å². The predicted molar refractivity (Wildman–Crippen MR) is 108 cm³/mol. The molecular formula is C23H26N2O3. The lowest BCUT2D eigenvalue weighted by molar-refractivity contribution is -0.126. The summed E-state index contributed by atoms with van der Waals surface area (Å²) in [5.74, 6) is 0.730. The molecular weight excluding hydrogens is 352 g/mol. The molecule has 1 saturated carbocycles. The van der Waals surface area contributed by atoms with E-state index in [1.54, 1.807) is 19.2 Å². The van der Waals surface area contributed by atoms with Crippen LogP contribution < -0.4 is 5.32 Å². The molecule has 4 rings (SSSR count). The Morgan fingerprint density at radius 2 is 2.07 bits per heavy atom. The van der Waals surface area contributed by atoms with Crippen molar-refractivity contribution in [3.05, 3.63) is 47.4 Å². The van der Waals surface area contributed by atoms with Gasteiger partial charge in [-0.05, 0) is 54.5 Å². The molecule has 28 heavy (non-hydrogen) atoms. The number of hydrogen-bond acceptors (Lipinski definition) is 4. The number of allylic oxidation sites excluding steroid dienone is 1. The lowest BCUT2D eigenvalue weighted by Crippen LogP contribution is -2.35. The molecule has 2 aliphatic carbocycles. The second-order valence-electron chi connectivity index (χ2n) is 7.78. The zero-order valence-electron chi connectivity index (χ0n) is 16.2. The molecule has 2 aromatic heterocycles. The van der Waals surface area contributed by atoms with Gasteiger partial charge < -0.3 is 9.73 Å². The minimum Gasteiger partial charge on any atom is -0.451 e. The summed E-state index contributed by atoms with van der Waals surface area (Å²) in [6, 6.07) is 5.50. The number of nitrogens with one attached hydrogen (secondary N) is 1. The molecule has 1 amide bonds. The summed E-state index contributed by atoms with van der Waals surface area (Å²) >= 11 is 0. The summed E-state index contributed by atoms with van der Waals surface area (Å²) in [6.07, 6.45) is 12.6. The van der Waals surface area contributed by atoms with Gasteiger partial charge in [0, 0.05) is 25.6 Å². The number of Topliss-reactive ketones (excluding diaryl/α,β-unsaturated/α-hetero) is 1. The van der Waals surface area contributed by atoms with Crippen molar-refractivity contribution in [3.63, 3.8) is 0 Å². The third-order valence-electron chi connectivity index (χ3n) is 6.00. The highest BCUT2D eigenvalue weighted by Crippen LogP contribution is 2.33. The number of fused-ring (bicyclic) bond motifs is 1. The monoisotopic (exact) mass is 378 g/mol. The van der Waals surface area contributed by atoms with Crippen LogP contribution in [0.3, 0.4) is 0 Å².